The maximum atomic E-state index is 11.4. The van der Waals surface area contributed by atoms with E-state index in [9.17, 15) is 14.9 Å². The lowest BCUT2D eigenvalue weighted by Crippen LogP contribution is -2.45. The lowest BCUT2D eigenvalue weighted by atomic mass is 9.92. The number of likely N-dealkylation sites (tertiary alicyclic amines) is 1. The number of primary amides is 1. The fourth-order valence-corrected chi connectivity index (χ4v) is 2.89. The molecular formula is C15H21N3O3. The molecule has 1 heterocycles. The second kappa shape index (κ2) is 6.22. The first kappa shape index (κ1) is 15.4. The first-order chi connectivity index (χ1) is 9.90. The third-order valence-corrected chi connectivity index (χ3v) is 4.40. The van der Waals surface area contributed by atoms with Gasteiger partial charge in [0.1, 0.15) is 0 Å². The molecule has 6 nitrogen and oxygen atoms in total. The van der Waals surface area contributed by atoms with Gasteiger partial charge in [0, 0.05) is 30.8 Å². The van der Waals surface area contributed by atoms with Crippen LogP contribution in [0.1, 0.15) is 30.9 Å². The van der Waals surface area contributed by atoms with Gasteiger partial charge in [-0.1, -0.05) is 12.1 Å². The van der Waals surface area contributed by atoms with Gasteiger partial charge in [0.2, 0.25) is 5.91 Å². The SMILES string of the molecule is Cc1c(CN2CC(C(N)=O)CCC2C)cccc1[N+](=O)[O-]. The van der Waals surface area contributed by atoms with E-state index in [2.05, 4.69) is 11.8 Å². The van der Waals surface area contributed by atoms with Crippen LogP contribution < -0.4 is 5.73 Å². The second-order valence-electron chi connectivity index (χ2n) is 5.77. The Morgan fingerprint density at radius 3 is 2.81 bits per heavy atom. The van der Waals surface area contributed by atoms with Gasteiger partial charge in [-0.2, -0.15) is 0 Å². The molecule has 2 rings (SSSR count). The van der Waals surface area contributed by atoms with Crippen LogP contribution >= 0.6 is 0 Å². The van der Waals surface area contributed by atoms with E-state index in [1.54, 1.807) is 13.0 Å². The molecule has 1 fully saturated rings. The van der Waals surface area contributed by atoms with Crippen molar-refractivity contribution in [3.8, 4) is 0 Å². The van der Waals surface area contributed by atoms with E-state index in [0.29, 0.717) is 24.7 Å². The molecule has 1 aromatic rings. The standard InChI is InChI=1S/C15H21N3O3/c1-10-6-7-13(15(16)19)9-17(10)8-12-4-3-5-14(11(12)2)18(20)21/h3-5,10,13H,6-9H2,1-2H3,(H2,16,19). The van der Waals surface area contributed by atoms with E-state index in [-0.39, 0.29) is 22.4 Å². The van der Waals surface area contributed by atoms with E-state index >= 15 is 0 Å². The Bertz CT molecular complexity index is 559. The van der Waals surface area contributed by atoms with Crippen LogP contribution in [0.4, 0.5) is 5.69 Å². The van der Waals surface area contributed by atoms with Crippen molar-refractivity contribution in [2.24, 2.45) is 11.7 Å². The summed E-state index contributed by atoms with van der Waals surface area (Å²) in [6, 6.07) is 5.48. The number of nitrogens with two attached hydrogens (primary N) is 1. The highest BCUT2D eigenvalue weighted by Gasteiger charge is 2.29. The highest BCUT2D eigenvalue weighted by molar-refractivity contribution is 5.77. The van der Waals surface area contributed by atoms with Crippen LogP contribution in [0, 0.1) is 23.0 Å². The largest absolute Gasteiger partial charge is 0.369 e. The van der Waals surface area contributed by atoms with E-state index in [4.69, 9.17) is 5.73 Å². The summed E-state index contributed by atoms with van der Waals surface area (Å²) in [7, 11) is 0. The molecule has 114 valence electrons. The predicted octanol–water partition coefficient (Wildman–Crippen LogP) is 1.99. The molecular weight excluding hydrogens is 270 g/mol. The van der Waals surface area contributed by atoms with Crippen molar-refractivity contribution in [1.82, 2.24) is 4.90 Å². The lowest BCUT2D eigenvalue weighted by molar-refractivity contribution is -0.385. The molecule has 0 aliphatic carbocycles. The third-order valence-electron chi connectivity index (χ3n) is 4.40. The quantitative estimate of drug-likeness (QED) is 0.678. The van der Waals surface area contributed by atoms with Crippen molar-refractivity contribution < 1.29 is 9.72 Å². The average molecular weight is 291 g/mol. The predicted molar refractivity (Wildman–Crippen MR) is 79.6 cm³/mol. The number of amides is 1. The molecule has 2 atom stereocenters. The number of carbonyl (C=O) groups excluding carboxylic acids is 1. The Hall–Kier alpha value is -1.95. The molecule has 1 aromatic carbocycles. The minimum atomic E-state index is -0.356. The van der Waals surface area contributed by atoms with Gasteiger partial charge >= 0.3 is 0 Å². The summed E-state index contributed by atoms with van der Waals surface area (Å²) in [6.45, 7) is 5.12. The Morgan fingerprint density at radius 1 is 1.48 bits per heavy atom. The van der Waals surface area contributed by atoms with Crippen LogP contribution in [-0.4, -0.2) is 28.3 Å². The van der Waals surface area contributed by atoms with E-state index in [0.717, 1.165) is 18.4 Å². The topological polar surface area (TPSA) is 89.5 Å². The monoisotopic (exact) mass is 291 g/mol. The fourth-order valence-electron chi connectivity index (χ4n) is 2.89. The average Bonchev–Trinajstić information content (AvgIpc) is 2.42. The molecule has 1 amide bonds. The summed E-state index contributed by atoms with van der Waals surface area (Å²) in [6.07, 6.45) is 1.74. The first-order valence-electron chi connectivity index (χ1n) is 7.16. The van der Waals surface area contributed by atoms with Crippen LogP contribution in [0.2, 0.25) is 0 Å². The maximum absolute atomic E-state index is 11.4. The molecule has 6 heteroatoms. The molecule has 21 heavy (non-hydrogen) atoms. The summed E-state index contributed by atoms with van der Waals surface area (Å²) >= 11 is 0. The first-order valence-corrected chi connectivity index (χ1v) is 7.16. The van der Waals surface area contributed by atoms with Gasteiger partial charge in [0.15, 0.2) is 0 Å². The van der Waals surface area contributed by atoms with Crippen molar-refractivity contribution in [2.75, 3.05) is 6.54 Å². The van der Waals surface area contributed by atoms with Crippen molar-refractivity contribution in [3.63, 3.8) is 0 Å². The van der Waals surface area contributed by atoms with E-state index < -0.39 is 0 Å². The number of nitro benzene ring substituents is 1. The number of piperidine rings is 1. The minimum Gasteiger partial charge on any atom is -0.369 e. The van der Waals surface area contributed by atoms with E-state index in [1.807, 2.05) is 6.07 Å². The zero-order valence-corrected chi connectivity index (χ0v) is 12.4. The Labute approximate surface area is 124 Å². The molecule has 0 bridgehead atoms. The minimum absolute atomic E-state index is 0.125. The van der Waals surface area contributed by atoms with Crippen LogP contribution in [0.3, 0.4) is 0 Å². The van der Waals surface area contributed by atoms with Crippen molar-refractivity contribution in [2.45, 2.75) is 39.3 Å². The van der Waals surface area contributed by atoms with Crippen molar-refractivity contribution in [1.29, 1.82) is 0 Å². The Morgan fingerprint density at radius 2 is 2.19 bits per heavy atom. The van der Waals surface area contributed by atoms with Gasteiger partial charge in [-0.15, -0.1) is 0 Å². The molecule has 2 N–H and O–H groups in total. The van der Waals surface area contributed by atoms with Crippen LogP contribution in [0.25, 0.3) is 0 Å². The van der Waals surface area contributed by atoms with E-state index in [1.165, 1.54) is 6.07 Å². The summed E-state index contributed by atoms with van der Waals surface area (Å²) in [5, 5.41) is 11.0. The van der Waals surface area contributed by atoms with Gasteiger partial charge in [-0.25, -0.2) is 0 Å². The van der Waals surface area contributed by atoms with Crippen LogP contribution in [0.15, 0.2) is 18.2 Å². The van der Waals surface area contributed by atoms with Gasteiger partial charge in [-0.3, -0.25) is 19.8 Å². The van der Waals surface area contributed by atoms with Gasteiger partial charge in [0.05, 0.1) is 10.8 Å². The maximum Gasteiger partial charge on any atom is 0.272 e. The van der Waals surface area contributed by atoms with Gasteiger partial charge < -0.3 is 5.73 Å². The number of hydrogen-bond donors (Lipinski definition) is 1. The fraction of sp³-hybridized carbons (Fsp3) is 0.533. The molecule has 0 radical (unpaired) electrons. The zero-order valence-electron chi connectivity index (χ0n) is 12.4. The smallest absolute Gasteiger partial charge is 0.272 e. The third kappa shape index (κ3) is 3.39. The molecule has 1 aliphatic heterocycles. The van der Waals surface area contributed by atoms with Crippen molar-refractivity contribution >= 4 is 11.6 Å². The van der Waals surface area contributed by atoms with Gasteiger partial charge in [-0.05, 0) is 32.3 Å². The molecule has 2 unspecified atom stereocenters. The molecule has 0 spiro atoms. The van der Waals surface area contributed by atoms with Crippen LogP contribution in [-0.2, 0) is 11.3 Å². The number of nitrogens with zero attached hydrogens (tertiary/aromatic N) is 2. The highest BCUT2D eigenvalue weighted by atomic mass is 16.6. The number of benzene rings is 1. The lowest BCUT2D eigenvalue weighted by Gasteiger charge is -2.37. The molecule has 1 aliphatic rings. The Kier molecular flexibility index (Phi) is 4.57. The van der Waals surface area contributed by atoms with Gasteiger partial charge in [0.25, 0.3) is 5.69 Å². The van der Waals surface area contributed by atoms with Crippen LogP contribution in [0.5, 0.6) is 0 Å². The van der Waals surface area contributed by atoms with Crippen molar-refractivity contribution in [3.05, 3.63) is 39.4 Å². The Balaban J connectivity index is 2.18. The summed E-state index contributed by atoms with van der Waals surface area (Å²) < 4.78 is 0. The summed E-state index contributed by atoms with van der Waals surface area (Å²) in [4.78, 5) is 24.2. The molecule has 0 saturated carbocycles. The highest BCUT2D eigenvalue weighted by Crippen LogP contribution is 2.27. The number of hydrogen-bond acceptors (Lipinski definition) is 4. The number of rotatable bonds is 4. The number of nitro groups is 1. The molecule has 0 aromatic heterocycles. The number of carbonyl (C=O) groups is 1. The zero-order chi connectivity index (χ0) is 15.6. The summed E-state index contributed by atoms with van der Waals surface area (Å²) in [5.74, 6) is -0.386. The second-order valence-corrected chi connectivity index (χ2v) is 5.77. The summed E-state index contributed by atoms with van der Waals surface area (Å²) in [5.41, 5.74) is 7.17. The molecule has 1 saturated heterocycles. The normalized spacial score (nSPS) is 23.0.